The summed E-state index contributed by atoms with van der Waals surface area (Å²) in [6, 6.07) is -3.30. The van der Waals surface area contributed by atoms with Crippen LogP contribution in [0.15, 0.2) is 4.99 Å². The number of aliphatic carboxylic acids is 1. The summed E-state index contributed by atoms with van der Waals surface area (Å²) in [6.45, 7) is 2.46. The third kappa shape index (κ3) is 20.7. The van der Waals surface area contributed by atoms with Crippen molar-refractivity contribution in [3.8, 4) is 0 Å². The molecule has 0 aromatic carbocycles. The highest BCUT2D eigenvalue weighted by Gasteiger charge is 2.38. The molecule has 10 N–H and O–H groups in total. The van der Waals surface area contributed by atoms with Crippen molar-refractivity contribution in [1.29, 1.82) is 0 Å². The maximum absolute atomic E-state index is 13.5. The number of unbranched alkanes of at least 4 members (excludes halogenated alkanes) is 12. The van der Waals surface area contributed by atoms with Crippen LogP contribution in [0.25, 0.3) is 0 Å². The average Bonchev–Trinajstić information content (AvgIpc) is 3.56. The molecule has 1 fully saturated rings. The van der Waals surface area contributed by atoms with Crippen molar-refractivity contribution < 1.29 is 33.9 Å². The lowest BCUT2D eigenvalue weighted by Gasteiger charge is -2.29. The fraction of sp³-hybridized carbons (Fsp3) is 0.800. The molecule has 1 aliphatic rings. The molecule has 0 unspecified atom stereocenters. The Morgan fingerprint density at radius 3 is 1.92 bits per heavy atom. The standard InChI is InChI=1S/C35H64N8O7/c1-2-3-4-5-6-7-8-9-10-11-12-13-14-17-26(44)24-39-25-31(46)41-27(20-21-30(36)45)33(48)43-23-16-19-29(43)32(47)42-28(34(49)50)18-15-22-40-35(37)38/h27-29,39H,2-25H2,1H3,(H2,36,45)(H,41,46)(H,42,47)(H,49,50)(H4,37,38,40)/t27-,28-,29-/m0/s1. The van der Waals surface area contributed by atoms with E-state index in [1.165, 1.54) is 69.1 Å². The summed E-state index contributed by atoms with van der Waals surface area (Å²) in [5.41, 5.74) is 15.9. The fourth-order valence-corrected chi connectivity index (χ4v) is 6.07. The zero-order valence-corrected chi connectivity index (χ0v) is 30.2. The lowest BCUT2D eigenvalue weighted by atomic mass is 10.0. The molecule has 0 spiro atoms. The first kappa shape index (κ1) is 44.3. The fourth-order valence-electron chi connectivity index (χ4n) is 6.07. The highest BCUT2D eigenvalue weighted by Crippen LogP contribution is 2.20. The Hall–Kier alpha value is -3.75. The number of likely N-dealkylation sites (tertiary alicyclic amines) is 1. The van der Waals surface area contributed by atoms with E-state index in [2.05, 4.69) is 27.9 Å². The molecule has 4 amide bonds. The van der Waals surface area contributed by atoms with Crippen LogP contribution in [-0.2, 0) is 28.8 Å². The first-order valence-electron chi connectivity index (χ1n) is 18.6. The molecule has 50 heavy (non-hydrogen) atoms. The number of carboxylic acids is 1. The van der Waals surface area contributed by atoms with Gasteiger partial charge in [0.25, 0.3) is 0 Å². The van der Waals surface area contributed by atoms with Crippen molar-refractivity contribution in [3.63, 3.8) is 0 Å². The topological polar surface area (TPSA) is 252 Å². The van der Waals surface area contributed by atoms with E-state index in [0.717, 1.165) is 19.3 Å². The first-order valence-corrected chi connectivity index (χ1v) is 18.6. The molecule has 1 aliphatic heterocycles. The molecule has 0 bridgehead atoms. The average molecular weight is 709 g/mol. The Morgan fingerprint density at radius 1 is 0.760 bits per heavy atom. The monoisotopic (exact) mass is 708 g/mol. The van der Waals surface area contributed by atoms with Gasteiger partial charge in [-0.15, -0.1) is 0 Å². The van der Waals surface area contributed by atoms with Crippen LogP contribution >= 0.6 is 0 Å². The van der Waals surface area contributed by atoms with E-state index >= 15 is 0 Å². The second kappa shape index (κ2) is 27.0. The summed E-state index contributed by atoms with van der Waals surface area (Å²) in [5.74, 6) is -3.76. The summed E-state index contributed by atoms with van der Waals surface area (Å²) in [5, 5.41) is 17.5. The first-order chi connectivity index (χ1) is 24.0. The number of guanidine groups is 1. The van der Waals surface area contributed by atoms with Gasteiger partial charge >= 0.3 is 5.97 Å². The predicted octanol–water partition coefficient (Wildman–Crippen LogP) is 1.99. The third-order valence-electron chi connectivity index (χ3n) is 8.88. The van der Waals surface area contributed by atoms with E-state index in [9.17, 15) is 33.9 Å². The van der Waals surface area contributed by atoms with Crippen molar-refractivity contribution >= 4 is 41.3 Å². The molecule has 286 valence electrons. The van der Waals surface area contributed by atoms with Crippen molar-refractivity contribution in [2.45, 2.75) is 153 Å². The predicted molar refractivity (Wildman–Crippen MR) is 193 cm³/mol. The molecular weight excluding hydrogens is 644 g/mol. The van der Waals surface area contributed by atoms with Crippen LogP contribution in [0.1, 0.15) is 135 Å². The number of hydrogen-bond donors (Lipinski definition) is 7. The number of nitrogens with zero attached hydrogens (tertiary/aromatic N) is 2. The maximum Gasteiger partial charge on any atom is 0.326 e. The number of primary amides is 1. The summed E-state index contributed by atoms with van der Waals surface area (Å²) in [4.78, 5) is 80.1. The Bertz CT molecular complexity index is 1080. The summed E-state index contributed by atoms with van der Waals surface area (Å²) in [7, 11) is 0. The molecule has 0 radical (unpaired) electrons. The van der Waals surface area contributed by atoms with Gasteiger partial charge in [-0.25, -0.2) is 4.79 Å². The van der Waals surface area contributed by atoms with E-state index in [1.54, 1.807) is 0 Å². The minimum absolute atomic E-state index is 0.00375. The SMILES string of the molecule is CCCCCCCCCCCCCCCC(=O)CNCC(=O)N[C@@H](CCC(N)=O)C(=O)N1CCC[C@H]1C(=O)N[C@@H](CCCN=C(N)N)C(=O)O. The highest BCUT2D eigenvalue weighted by molar-refractivity contribution is 5.94. The Balaban J connectivity index is 2.47. The van der Waals surface area contributed by atoms with Crippen LogP contribution in [0.4, 0.5) is 0 Å². The number of carbonyl (C=O) groups excluding carboxylic acids is 5. The number of rotatable bonds is 30. The minimum Gasteiger partial charge on any atom is -0.480 e. The van der Waals surface area contributed by atoms with E-state index in [-0.39, 0.29) is 57.2 Å². The van der Waals surface area contributed by atoms with E-state index in [0.29, 0.717) is 25.7 Å². The summed E-state index contributed by atoms with van der Waals surface area (Å²) < 4.78 is 0. The lowest BCUT2D eigenvalue weighted by molar-refractivity contribution is -0.145. The maximum atomic E-state index is 13.5. The van der Waals surface area contributed by atoms with Gasteiger partial charge in [-0.05, 0) is 38.5 Å². The van der Waals surface area contributed by atoms with Crippen LogP contribution in [0.5, 0.6) is 0 Å². The van der Waals surface area contributed by atoms with Crippen molar-refractivity contribution in [2.75, 3.05) is 26.2 Å². The van der Waals surface area contributed by atoms with E-state index in [4.69, 9.17) is 17.2 Å². The normalized spacial score (nSPS) is 15.2. The molecule has 0 saturated carbocycles. The number of nitrogens with two attached hydrogens (primary N) is 3. The molecule has 1 heterocycles. The second-order valence-corrected chi connectivity index (χ2v) is 13.3. The largest absolute Gasteiger partial charge is 0.480 e. The zero-order valence-electron chi connectivity index (χ0n) is 30.2. The highest BCUT2D eigenvalue weighted by atomic mass is 16.4. The van der Waals surface area contributed by atoms with Crippen LogP contribution in [0.3, 0.4) is 0 Å². The Labute approximate surface area is 297 Å². The van der Waals surface area contributed by atoms with Gasteiger partial charge in [0, 0.05) is 25.9 Å². The number of ketones is 1. The van der Waals surface area contributed by atoms with Gasteiger partial charge in [0.1, 0.15) is 23.9 Å². The van der Waals surface area contributed by atoms with Crippen molar-refractivity contribution in [3.05, 3.63) is 0 Å². The van der Waals surface area contributed by atoms with Gasteiger partial charge in [0.2, 0.25) is 23.6 Å². The van der Waals surface area contributed by atoms with Crippen LogP contribution < -0.4 is 33.2 Å². The number of amides is 4. The van der Waals surface area contributed by atoms with Gasteiger partial charge in [-0.3, -0.25) is 29.0 Å². The Kier molecular flexibility index (Phi) is 23.9. The number of carbonyl (C=O) groups is 6. The van der Waals surface area contributed by atoms with Gasteiger partial charge < -0.3 is 43.2 Å². The van der Waals surface area contributed by atoms with Crippen LogP contribution in [-0.4, -0.2) is 95.7 Å². The number of nitrogens with one attached hydrogen (secondary N) is 3. The molecule has 15 heteroatoms. The zero-order chi connectivity index (χ0) is 37.1. The molecule has 1 saturated heterocycles. The van der Waals surface area contributed by atoms with Gasteiger partial charge in [0.05, 0.1) is 13.1 Å². The second-order valence-electron chi connectivity index (χ2n) is 13.3. The van der Waals surface area contributed by atoms with Crippen LogP contribution in [0.2, 0.25) is 0 Å². The summed E-state index contributed by atoms with van der Waals surface area (Å²) >= 11 is 0. The molecule has 0 aliphatic carbocycles. The molecule has 3 atom stereocenters. The summed E-state index contributed by atoms with van der Waals surface area (Å²) in [6.07, 6.45) is 17.3. The molecule has 0 aromatic heterocycles. The van der Waals surface area contributed by atoms with Gasteiger partial charge in [-0.1, -0.05) is 84.0 Å². The number of Topliss-reactive ketones (excluding diaryl/α,β-unsaturated/α-hetero) is 1. The van der Waals surface area contributed by atoms with Crippen LogP contribution in [0, 0.1) is 0 Å². The number of hydrogen-bond acceptors (Lipinski definition) is 8. The van der Waals surface area contributed by atoms with Gasteiger partial charge in [-0.2, -0.15) is 0 Å². The lowest BCUT2D eigenvalue weighted by Crippen LogP contribution is -2.56. The van der Waals surface area contributed by atoms with E-state index < -0.39 is 47.7 Å². The molecule has 15 nitrogen and oxygen atoms in total. The smallest absolute Gasteiger partial charge is 0.326 e. The van der Waals surface area contributed by atoms with E-state index in [1.807, 2.05) is 0 Å². The number of carboxylic acid groups (broad SMARTS) is 1. The quantitative estimate of drug-likeness (QED) is 0.0325. The molecule has 1 rings (SSSR count). The Morgan fingerprint density at radius 2 is 1.36 bits per heavy atom. The van der Waals surface area contributed by atoms with Crippen molar-refractivity contribution in [1.82, 2.24) is 20.9 Å². The van der Waals surface area contributed by atoms with Gasteiger partial charge in [0.15, 0.2) is 5.96 Å². The third-order valence-corrected chi connectivity index (χ3v) is 8.88. The number of aliphatic imine (C=N–C) groups is 1. The molecule has 0 aromatic rings. The minimum atomic E-state index is -1.24. The van der Waals surface area contributed by atoms with Crippen molar-refractivity contribution in [2.24, 2.45) is 22.2 Å². The molecular formula is C35H64N8O7.